The first-order valence-corrected chi connectivity index (χ1v) is 11.3. The summed E-state index contributed by atoms with van der Waals surface area (Å²) in [4.78, 5) is 1.99. The maximum atomic E-state index is 12.6. The van der Waals surface area contributed by atoms with Crippen molar-refractivity contribution in [1.29, 1.82) is 5.41 Å². The number of ether oxygens (including phenoxy) is 1. The predicted octanol–water partition coefficient (Wildman–Crippen LogP) is 4.93. The molecule has 3 rings (SSSR count). The van der Waals surface area contributed by atoms with Gasteiger partial charge in [-0.15, -0.1) is 12.4 Å². The van der Waals surface area contributed by atoms with Gasteiger partial charge in [0.1, 0.15) is 16.4 Å². The Morgan fingerprint density at radius 3 is 2.43 bits per heavy atom. The van der Waals surface area contributed by atoms with Gasteiger partial charge in [-0.2, -0.15) is 8.42 Å². The molecule has 0 aliphatic carbocycles. The standard InChI is InChI=1S/C21H25ClN2O4S.ClH/c1-15-11-18(27-14-17-7-9-24(10-8-17)16(2)23)13-19(12-15)28-29(25,26)21-6-4-3-5-20(21)22;/h3-6,11-13,17,23H,7-10,14H2,1-2H3;1H. The first kappa shape index (κ1) is 24.3. The quantitative estimate of drug-likeness (QED) is 0.366. The third kappa shape index (κ3) is 6.27. The fourth-order valence-electron chi connectivity index (χ4n) is 3.31. The molecule has 0 bridgehead atoms. The van der Waals surface area contributed by atoms with Crippen LogP contribution in [0.15, 0.2) is 47.4 Å². The number of hydrogen-bond donors (Lipinski definition) is 1. The molecular weight excluding hydrogens is 447 g/mol. The number of halogens is 2. The molecule has 9 heteroatoms. The van der Waals surface area contributed by atoms with Crippen molar-refractivity contribution in [2.75, 3.05) is 19.7 Å². The lowest BCUT2D eigenvalue weighted by Crippen LogP contribution is -2.38. The van der Waals surface area contributed by atoms with Crippen molar-refractivity contribution in [2.24, 2.45) is 5.92 Å². The van der Waals surface area contributed by atoms with Crippen molar-refractivity contribution in [3.05, 3.63) is 53.1 Å². The Morgan fingerprint density at radius 2 is 1.80 bits per heavy atom. The Hall–Kier alpha value is -1.96. The van der Waals surface area contributed by atoms with Crippen molar-refractivity contribution in [3.8, 4) is 11.5 Å². The number of piperidine rings is 1. The van der Waals surface area contributed by atoms with E-state index in [1.807, 2.05) is 19.9 Å². The highest BCUT2D eigenvalue weighted by atomic mass is 35.5. The number of benzene rings is 2. The topological polar surface area (TPSA) is 79.7 Å². The van der Waals surface area contributed by atoms with E-state index >= 15 is 0 Å². The molecule has 0 unspecified atom stereocenters. The Labute approximate surface area is 189 Å². The van der Waals surface area contributed by atoms with E-state index in [9.17, 15) is 8.42 Å². The van der Waals surface area contributed by atoms with Crippen LogP contribution >= 0.6 is 24.0 Å². The molecule has 30 heavy (non-hydrogen) atoms. The van der Waals surface area contributed by atoms with Crippen LogP contribution in [-0.4, -0.2) is 38.8 Å². The zero-order chi connectivity index (χ0) is 21.0. The zero-order valence-electron chi connectivity index (χ0n) is 16.9. The normalized spacial score (nSPS) is 14.7. The van der Waals surface area contributed by atoms with Crippen molar-refractivity contribution >= 4 is 40.0 Å². The smallest absolute Gasteiger partial charge is 0.340 e. The monoisotopic (exact) mass is 472 g/mol. The highest BCUT2D eigenvalue weighted by molar-refractivity contribution is 7.87. The van der Waals surface area contributed by atoms with Gasteiger partial charge in [0.15, 0.2) is 0 Å². The molecular formula is C21H26Cl2N2O4S. The molecule has 2 aromatic rings. The molecule has 1 N–H and O–H groups in total. The minimum atomic E-state index is -4.04. The van der Waals surface area contributed by atoms with E-state index in [4.69, 9.17) is 25.9 Å². The molecule has 0 atom stereocenters. The Bertz CT molecular complexity index is 990. The maximum Gasteiger partial charge on any atom is 0.340 e. The molecule has 0 amide bonds. The molecule has 1 heterocycles. The van der Waals surface area contributed by atoms with Gasteiger partial charge in [-0.05, 0) is 62.4 Å². The van der Waals surface area contributed by atoms with Gasteiger partial charge in [-0.3, -0.25) is 5.41 Å². The summed E-state index contributed by atoms with van der Waals surface area (Å²) < 4.78 is 36.4. The van der Waals surface area contributed by atoms with Crippen LogP contribution in [0, 0.1) is 18.3 Å². The average Bonchev–Trinajstić information content (AvgIpc) is 2.66. The lowest BCUT2D eigenvalue weighted by Gasteiger charge is -2.32. The third-order valence-electron chi connectivity index (χ3n) is 4.91. The van der Waals surface area contributed by atoms with Crippen molar-refractivity contribution in [1.82, 2.24) is 4.90 Å². The Balaban J connectivity index is 0.00000320. The van der Waals surface area contributed by atoms with Gasteiger partial charge in [0.05, 0.1) is 17.5 Å². The molecule has 164 valence electrons. The van der Waals surface area contributed by atoms with Gasteiger partial charge in [0.2, 0.25) is 0 Å². The van der Waals surface area contributed by atoms with Gasteiger partial charge >= 0.3 is 10.1 Å². The molecule has 1 fully saturated rings. The summed E-state index contributed by atoms with van der Waals surface area (Å²) in [5.41, 5.74) is 0.834. The fourth-order valence-corrected chi connectivity index (χ4v) is 4.72. The third-order valence-corrected chi connectivity index (χ3v) is 6.66. The SMILES string of the molecule is CC(=N)N1CCC(COc2cc(C)cc(OS(=O)(=O)c3ccccc3Cl)c2)CC1.Cl. The predicted molar refractivity (Wildman–Crippen MR) is 121 cm³/mol. The van der Waals surface area contributed by atoms with E-state index in [1.54, 1.807) is 24.3 Å². The van der Waals surface area contributed by atoms with Gasteiger partial charge < -0.3 is 13.8 Å². The summed E-state index contributed by atoms with van der Waals surface area (Å²) in [5.74, 6) is 1.76. The Morgan fingerprint density at radius 1 is 1.17 bits per heavy atom. The largest absolute Gasteiger partial charge is 0.493 e. The van der Waals surface area contributed by atoms with Crippen LogP contribution in [0.25, 0.3) is 0 Å². The van der Waals surface area contributed by atoms with E-state index in [0.29, 0.717) is 24.1 Å². The highest BCUT2D eigenvalue weighted by Gasteiger charge is 2.22. The molecule has 0 aromatic heterocycles. The number of nitrogens with one attached hydrogen (secondary N) is 1. The Kier molecular flexibility index (Phi) is 8.41. The summed E-state index contributed by atoms with van der Waals surface area (Å²) >= 11 is 6.00. The number of hydrogen-bond acceptors (Lipinski definition) is 5. The molecule has 1 aliphatic heterocycles. The average molecular weight is 473 g/mol. The first-order chi connectivity index (χ1) is 13.7. The van der Waals surface area contributed by atoms with Gasteiger partial charge in [-0.25, -0.2) is 0 Å². The minimum Gasteiger partial charge on any atom is -0.493 e. The number of nitrogens with zero attached hydrogens (tertiary/aromatic N) is 1. The second kappa shape index (κ2) is 10.4. The van der Waals surface area contributed by atoms with E-state index in [2.05, 4.69) is 4.90 Å². The van der Waals surface area contributed by atoms with Crippen LogP contribution in [0.3, 0.4) is 0 Å². The summed E-state index contributed by atoms with van der Waals surface area (Å²) in [6, 6.07) is 11.3. The summed E-state index contributed by atoms with van der Waals surface area (Å²) in [5, 5.41) is 7.82. The van der Waals surface area contributed by atoms with Crippen LogP contribution in [0.5, 0.6) is 11.5 Å². The number of aryl methyl sites for hydroxylation is 1. The number of amidine groups is 1. The first-order valence-electron chi connectivity index (χ1n) is 9.48. The van der Waals surface area contributed by atoms with E-state index in [-0.39, 0.29) is 28.1 Å². The minimum absolute atomic E-state index is 0. The molecule has 2 aromatic carbocycles. The molecule has 0 saturated carbocycles. The van der Waals surface area contributed by atoms with Crippen molar-refractivity contribution in [3.63, 3.8) is 0 Å². The van der Waals surface area contributed by atoms with E-state index < -0.39 is 10.1 Å². The van der Waals surface area contributed by atoms with Crippen molar-refractivity contribution < 1.29 is 17.3 Å². The molecule has 0 spiro atoms. The lowest BCUT2D eigenvalue weighted by molar-refractivity contribution is 0.180. The number of rotatable bonds is 6. The summed E-state index contributed by atoms with van der Waals surface area (Å²) in [6.45, 7) is 5.93. The summed E-state index contributed by atoms with van der Waals surface area (Å²) in [6.07, 6.45) is 1.93. The van der Waals surface area contributed by atoms with Gasteiger partial charge in [-0.1, -0.05) is 23.7 Å². The zero-order valence-corrected chi connectivity index (χ0v) is 19.3. The molecule has 6 nitrogen and oxygen atoms in total. The van der Waals surface area contributed by atoms with E-state index in [0.717, 1.165) is 31.5 Å². The summed E-state index contributed by atoms with van der Waals surface area (Å²) in [7, 11) is -4.04. The fraction of sp³-hybridized carbons (Fsp3) is 0.381. The second-order valence-electron chi connectivity index (χ2n) is 7.28. The maximum absolute atomic E-state index is 12.6. The highest BCUT2D eigenvalue weighted by Crippen LogP contribution is 2.29. The van der Waals surface area contributed by atoms with Crippen LogP contribution in [0.2, 0.25) is 5.02 Å². The van der Waals surface area contributed by atoms with Crippen LogP contribution in [0.1, 0.15) is 25.3 Å². The van der Waals surface area contributed by atoms with Gasteiger partial charge in [0.25, 0.3) is 0 Å². The molecule has 0 radical (unpaired) electrons. The second-order valence-corrected chi connectivity index (χ2v) is 9.20. The van der Waals surface area contributed by atoms with Crippen LogP contribution in [-0.2, 0) is 10.1 Å². The van der Waals surface area contributed by atoms with Gasteiger partial charge in [0, 0.05) is 19.2 Å². The number of likely N-dealkylation sites (tertiary alicyclic amines) is 1. The van der Waals surface area contributed by atoms with Crippen LogP contribution < -0.4 is 8.92 Å². The molecule has 1 saturated heterocycles. The lowest BCUT2D eigenvalue weighted by atomic mass is 9.98. The molecule has 1 aliphatic rings. The van der Waals surface area contributed by atoms with Crippen LogP contribution in [0.4, 0.5) is 0 Å². The van der Waals surface area contributed by atoms with E-state index in [1.165, 1.54) is 12.1 Å². The van der Waals surface area contributed by atoms with Crippen molar-refractivity contribution in [2.45, 2.75) is 31.6 Å².